The number of hydrogen-bond donors (Lipinski definition) is 0. The summed E-state index contributed by atoms with van der Waals surface area (Å²) >= 11 is 1.54. The molecule has 2 aromatic heterocycles. The molecule has 0 atom stereocenters. The Morgan fingerprint density at radius 3 is 2.79 bits per heavy atom. The highest BCUT2D eigenvalue weighted by atomic mass is 32.1. The van der Waals surface area contributed by atoms with Crippen molar-refractivity contribution in [1.82, 2.24) is 19.8 Å². The van der Waals surface area contributed by atoms with Crippen molar-refractivity contribution in [2.24, 2.45) is 0 Å². The molecule has 1 amide bonds. The largest absolute Gasteiger partial charge is 0.487 e. The van der Waals surface area contributed by atoms with Gasteiger partial charge in [-0.2, -0.15) is 0 Å². The summed E-state index contributed by atoms with van der Waals surface area (Å²) in [5.74, 6) is 0.745. The molecule has 1 fully saturated rings. The molecule has 1 aromatic carbocycles. The van der Waals surface area contributed by atoms with Gasteiger partial charge in [-0.05, 0) is 29.8 Å². The number of aromatic nitrogens is 2. The summed E-state index contributed by atoms with van der Waals surface area (Å²) < 4.78 is 5.77. The Hall–Kier alpha value is -2.77. The number of amides is 1. The second-order valence-corrected chi connectivity index (χ2v) is 7.44. The highest BCUT2D eigenvalue weighted by Gasteiger charge is 2.22. The van der Waals surface area contributed by atoms with Crippen LogP contribution in [0, 0.1) is 0 Å². The number of nitrogens with zero attached hydrogens (tertiary/aromatic N) is 4. The van der Waals surface area contributed by atoms with Crippen LogP contribution in [0.3, 0.4) is 0 Å². The van der Waals surface area contributed by atoms with Gasteiger partial charge in [0.2, 0.25) is 0 Å². The van der Waals surface area contributed by atoms with E-state index in [1.807, 2.05) is 46.8 Å². The molecular weight excluding hydrogens is 372 g/mol. The van der Waals surface area contributed by atoms with Crippen LogP contribution in [0.2, 0.25) is 0 Å². The van der Waals surface area contributed by atoms with Gasteiger partial charge in [-0.15, -0.1) is 11.3 Å². The third kappa shape index (κ3) is 4.74. The normalized spacial score (nSPS) is 14.8. The fourth-order valence-corrected chi connectivity index (χ4v) is 3.77. The lowest BCUT2D eigenvalue weighted by Gasteiger charge is -2.34. The van der Waals surface area contributed by atoms with E-state index in [0.717, 1.165) is 38.4 Å². The molecule has 7 heteroatoms. The van der Waals surface area contributed by atoms with Crippen LogP contribution in [0.5, 0.6) is 5.75 Å². The van der Waals surface area contributed by atoms with Crippen LogP contribution >= 0.6 is 11.3 Å². The monoisotopic (exact) mass is 394 g/mol. The number of thiazole rings is 1. The average molecular weight is 395 g/mol. The number of pyridine rings is 1. The number of carbonyl (C=O) groups is 1. The summed E-state index contributed by atoms with van der Waals surface area (Å²) in [6.45, 7) is 4.46. The van der Waals surface area contributed by atoms with Crippen LogP contribution in [0.15, 0.2) is 59.7 Å². The molecule has 1 saturated heterocycles. The minimum atomic E-state index is 0.0557. The predicted octanol–water partition coefficient (Wildman–Crippen LogP) is 3.08. The van der Waals surface area contributed by atoms with Crippen LogP contribution in [-0.4, -0.2) is 51.9 Å². The SMILES string of the molecule is O=C(c1cccc(OCc2cscn2)c1)N1CCN(Cc2cccnc2)CC1. The topological polar surface area (TPSA) is 58.6 Å². The first kappa shape index (κ1) is 18.6. The van der Waals surface area contributed by atoms with Gasteiger partial charge in [0, 0.05) is 56.1 Å². The number of piperazine rings is 1. The molecule has 0 aliphatic carbocycles. The lowest BCUT2D eigenvalue weighted by molar-refractivity contribution is 0.0628. The molecule has 28 heavy (non-hydrogen) atoms. The van der Waals surface area contributed by atoms with Crippen molar-refractivity contribution in [3.63, 3.8) is 0 Å². The van der Waals surface area contributed by atoms with Gasteiger partial charge in [0.15, 0.2) is 0 Å². The van der Waals surface area contributed by atoms with E-state index in [-0.39, 0.29) is 5.91 Å². The fourth-order valence-electron chi connectivity index (χ4n) is 3.23. The minimum absolute atomic E-state index is 0.0557. The van der Waals surface area contributed by atoms with Crippen molar-refractivity contribution in [2.75, 3.05) is 26.2 Å². The van der Waals surface area contributed by atoms with Crippen molar-refractivity contribution >= 4 is 17.2 Å². The molecule has 4 rings (SSSR count). The zero-order valence-electron chi connectivity index (χ0n) is 15.5. The van der Waals surface area contributed by atoms with Crippen LogP contribution in [0.1, 0.15) is 21.6 Å². The molecule has 0 radical (unpaired) electrons. The van der Waals surface area contributed by atoms with E-state index >= 15 is 0 Å². The van der Waals surface area contributed by atoms with Crippen LogP contribution in [0.25, 0.3) is 0 Å². The van der Waals surface area contributed by atoms with Crippen molar-refractivity contribution in [3.8, 4) is 5.75 Å². The van der Waals surface area contributed by atoms with Crippen LogP contribution in [-0.2, 0) is 13.2 Å². The van der Waals surface area contributed by atoms with Crippen molar-refractivity contribution < 1.29 is 9.53 Å². The fraction of sp³-hybridized carbons (Fsp3) is 0.286. The molecule has 3 aromatic rings. The maximum absolute atomic E-state index is 12.9. The van der Waals surface area contributed by atoms with Crippen molar-refractivity contribution in [2.45, 2.75) is 13.2 Å². The third-order valence-electron chi connectivity index (χ3n) is 4.74. The summed E-state index contributed by atoms with van der Waals surface area (Å²) in [6, 6.07) is 11.4. The van der Waals surface area contributed by atoms with Gasteiger partial charge in [-0.1, -0.05) is 12.1 Å². The first-order valence-corrected chi connectivity index (χ1v) is 10.2. The quantitative estimate of drug-likeness (QED) is 0.643. The number of carbonyl (C=O) groups excluding carboxylic acids is 1. The Balaban J connectivity index is 1.31. The van der Waals surface area contributed by atoms with Crippen molar-refractivity contribution in [1.29, 1.82) is 0 Å². The van der Waals surface area contributed by atoms with E-state index < -0.39 is 0 Å². The van der Waals surface area contributed by atoms with Gasteiger partial charge in [-0.25, -0.2) is 4.98 Å². The molecular formula is C21H22N4O2S. The van der Waals surface area contributed by atoms with Crippen LogP contribution < -0.4 is 4.74 Å². The Morgan fingerprint density at radius 2 is 2.04 bits per heavy atom. The Labute approximate surface area is 168 Å². The second-order valence-electron chi connectivity index (χ2n) is 6.73. The van der Waals surface area contributed by atoms with Crippen molar-refractivity contribution in [3.05, 3.63) is 76.5 Å². The lowest BCUT2D eigenvalue weighted by Crippen LogP contribution is -2.48. The van der Waals surface area contributed by atoms with E-state index in [0.29, 0.717) is 17.9 Å². The van der Waals surface area contributed by atoms with E-state index in [4.69, 9.17) is 4.74 Å². The minimum Gasteiger partial charge on any atom is -0.487 e. The van der Waals surface area contributed by atoms with E-state index in [1.54, 1.807) is 23.0 Å². The molecule has 0 spiro atoms. The van der Waals surface area contributed by atoms with Gasteiger partial charge in [0.1, 0.15) is 12.4 Å². The van der Waals surface area contributed by atoms with E-state index in [1.165, 1.54) is 5.56 Å². The second kappa shape index (κ2) is 8.95. The van der Waals surface area contributed by atoms with Gasteiger partial charge >= 0.3 is 0 Å². The van der Waals surface area contributed by atoms with Gasteiger partial charge < -0.3 is 9.64 Å². The maximum atomic E-state index is 12.9. The zero-order valence-corrected chi connectivity index (χ0v) is 16.3. The highest BCUT2D eigenvalue weighted by molar-refractivity contribution is 7.07. The van der Waals surface area contributed by atoms with Gasteiger partial charge in [0.05, 0.1) is 11.2 Å². The maximum Gasteiger partial charge on any atom is 0.254 e. The Morgan fingerprint density at radius 1 is 1.14 bits per heavy atom. The Kier molecular flexibility index (Phi) is 5.94. The number of rotatable bonds is 6. The Bertz CT molecular complexity index is 894. The molecule has 1 aliphatic rings. The van der Waals surface area contributed by atoms with E-state index in [9.17, 15) is 4.79 Å². The average Bonchev–Trinajstić information content (AvgIpc) is 3.27. The molecule has 3 heterocycles. The molecule has 6 nitrogen and oxygen atoms in total. The molecule has 0 bridgehead atoms. The standard InChI is InChI=1S/C21H22N4O2S/c26-21(18-4-1-5-20(11-18)27-14-19-15-28-16-23-19)25-9-7-24(8-10-25)13-17-3-2-6-22-12-17/h1-6,11-12,15-16H,7-10,13-14H2. The lowest BCUT2D eigenvalue weighted by atomic mass is 10.1. The first-order chi connectivity index (χ1) is 13.8. The summed E-state index contributed by atoms with van der Waals surface area (Å²) in [6.07, 6.45) is 3.68. The van der Waals surface area contributed by atoms with Gasteiger partial charge in [-0.3, -0.25) is 14.7 Å². The molecule has 0 unspecified atom stereocenters. The number of ether oxygens (including phenoxy) is 1. The number of benzene rings is 1. The van der Waals surface area contributed by atoms with Crippen LogP contribution in [0.4, 0.5) is 0 Å². The summed E-state index contributed by atoms with van der Waals surface area (Å²) in [7, 11) is 0. The molecule has 0 saturated carbocycles. The summed E-state index contributed by atoms with van der Waals surface area (Å²) in [4.78, 5) is 25.5. The third-order valence-corrected chi connectivity index (χ3v) is 5.37. The predicted molar refractivity (Wildman–Crippen MR) is 108 cm³/mol. The number of hydrogen-bond acceptors (Lipinski definition) is 6. The molecule has 1 aliphatic heterocycles. The van der Waals surface area contributed by atoms with E-state index in [2.05, 4.69) is 20.9 Å². The molecule has 0 N–H and O–H groups in total. The summed E-state index contributed by atoms with van der Waals surface area (Å²) in [5.41, 5.74) is 4.54. The van der Waals surface area contributed by atoms with Gasteiger partial charge in [0.25, 0.3) is 5.91 Å². The molecule has 144 valence electrons. The first-order valence-electron chi connectivity index (χ1n) is 9.28. The summed E-state index contributed by atoms with van der Waals surface area (Å²) in [5, 5.41) is 1.96. The smallest absolute Gasteiger partial charge is 0.254 e. The highest BCUT2D eigenvalue weighted by Crippen LogP contribution is 2.18. The zero-order chi connectivity index (χ0) is 19.2.